The van der Waals surface area contributed by atoms with Crippen LogP contribution >= 0.6 is 0 Å². The van der Waals surface area contributed by atoms with Crippen molar-refractivity contribution < 1.29 is 19.0 Å². The monoisotopic (exact) mass is 440 g/mol. The van der Waals surface area contributed by atoms with Gasteiger partial charge in [-0.15, -0.1) is 0 Å². The molecule has 4 nitrogen and oxygen atoms in total. The van der Waals surface area contributed by atoms with E-state index in [1.54, 1.807) is 36.4 Å². The largest absolute Gasteiger partial charge is 0.494 e. The molecule has 2 aromatic carbocycles. The molecule has 1 unspecified atom stereocenters. The molecule has 0 spiro atoms. The van der Waals surface area contributed by atoms with E-state index in [4.69, 9.17) is 14.2 Å². The zero-order chi connectivity index (χ0) is 23.2. The van der Waals surface area contributed by atoms with E-state index in [-0.39, 0.29) is 12.1 Å². The van der Waals surface area contributed by atoms with E-state index in [2.05, 4.69) is 20.8 Å². The summed E-state index contributed by atoms with van der Waals surface area (Å²) in [6.07, 6.45) is 9.92. The molecule has 0 radical (unpaired) electrons. The van der Waals surface area contributed by atoms with E-state index in [1.165, 1.54) is 38.5 Å². The number of benzene rings is 2. The smallest absolute Gasteiger partial charge is 0.343 e. The molecule has 4 heteroatoms. The summed E-state index contributed by atoms with van der Waals surface area (Å²) < 4.78 is 17.0. The molecule has 0 aliphatic carbocycles. The minimum atomic E-state index is -0.387. The van der Waals surface area contributed by atoms with Gasteiger partial charge in [-0.05, 0) is 74.2 Å². The fraction of sp³-hybridized carbons (Fsp3) is 0.536. The number of hydrogen-bond donors (Lipinski definition) is 0. The van der Waals surface area contributed by atoms with E-state index in [0.29, 0.717) is 11.3 Å². The molecule has 2 rings (SSSR count). The third-order valence-electron chi connectivity index (χ3n) is 5.84. The molecule has 0 heterocycles. The first-order chi connectivity index (χ1) is 15.5. The van der Waals surface area contributed by atoms with Crippen LogP contribution in [0.25, 0.3) is 0 Å². The molecular formula is C28H40O4. The number of unbranched alkanes of at least 4 members (excludes halogenated alkanes) is 4. The van der Waals surface area contributed by atoms with Crippen molar-refractivity contribution in [2.75, 3.05) is 6.61 Å². The highest BCUT2D eigenvalue weighted by molar-refractivity contribution is 5.91. The highest BCUT2D eigenvalue weighted by atomic mass is 16.5. The molecular weight excluding hydrogens is 400 g/mol. The maximum atomic E-state index is 12.4. The summed E-state index contributed by atoms with van der Waals surface area (Å²) >= 11 is 0. The third-order valence-corrected chi connectivity index (χ3v) is 5.84. The van der Waals surface area contributed by atoms with Gasteiger partial charge in [0.15, 0.2) is 0 Å². The maximum Gasteiger partial charge on any atom is 0.343 e. The van der Waals surface area contributed by atoms with Crippen LogP contribution < -0.4 is 14.2 Å². The molecule has 0 N–H and O–H groups in total. The van der Waals surface area contributed by atoms with Crippen LogP contribution in [0, 0.1) is 5.92 Å². The summed E-state index contributed by atoms with van der Waals surface area (Å²) in [5, 5.41) is 0. The molecule has 0 saturated carbocycles. The second-order valence-corrected chi connectivity index (χ2v) is 8.64. The molecule has 0 aliphatic rings. The molecule has 0 aliphatic heterocycles. The van der Waals surface area contributed by atoms with Crippen molar-refractivity contribution in [1.82, 2.24) is 0 Å². The first kappa shape index (κ1) is 25.8. The van der Waals surface area contributed by atoms with Crippen LogP contribution in [-0.2, 0) is 0 Å². The lowest BCUT2D eigenvalue weighted by molar-refractivity contribution is 0.0734. The molecule has 32 heavy (non-hydrogen) atoms. The van der Waals surface area contributed by atoms with Crippen molar-refractivity contribution in [2.45, 2.75) is 85.2 Å². The van der Waals surface area contributed by atoms with Crippen molar-refractivity contribution in [3.8, 4) is 17.2 Å². The van der Waals surface area contributed by atoms with Crippen LogP contribution in [0.4, 0.5) is 0 Å². The summed E-state index contributed by atoms with van der Waals surface area (Å²) in [4.78, 5) is 12.4. The Morgan fingerprint density at radius 3 is 2.00 bits per heavy atom. The molecule has 0 aromatic heterocycles. The number of ether oxygens (including phenoxy) is 3. The number of hydrogen-bond acceptors (Lipinski definition) is 4. The van der Waals surface area contributed by atoms with E-state index in [1.807, 2.05) is 19.1 Å². The van der Waals surface area contributed by atoms with Crippen molar-refractivity contribution in [1.29, 1.82) is 0 Å². The van der Waals surface area contributed by atoms with Gasteiger partial charge in [0.2, 0.25) is 0 Å². The molecule has 0 bridgehead atoms. The third kappa shape index (κ3) is 9.76. The van der Waals surface area contributed by atoms with E-state index < -0.39 is 0 Å². The minimum Gasteiger partial charge on any atom is -0.494 e. The number of carbonyl (C=O) groups is 1. The zero-order valence-corrected chi connectivity index (χ0v) is 20.3. The van der Waals surface area contributed by atoms with Gasteiger partial charge < -0.3 is 14.2 Å². The summed E-state index contributed by atoms with van der Waals surface area (Å²) in [6.45, 7) is 9.41. The van der Waals surface area contributed by atoms with Gasteiger partial charge in [0, 0.05) is 0 Å². The summed E-state index contributed by atoms with van der Waals surface area (Å²) in [5.41, 5.74) is 0.492. The number of esters is 1. The Hall–Kier alpha value is -2.49. The summed E-state index contributed by atoms with van der Waals surface area (Å²) in [5.74, 6) is 2.53. The second kappa shape index (κ2) is 14.5. The van der Waals surface area contributed by atoms with Crippen LogP contribution in [0.1, 0.15) is 89.4 Å². The van der Waals surface area contributed by atoms with Gasteiger partial charge in [-0.1, -0.05) is 59.3 Å². The van der Waals surface area contributed by atoms with Crippen molar-refractivity contribution in [2.24, 2.45) is 5.92 Å². The van der Waals surface area contributed by atoms with Crippen molar-refractivity contribution >= 4 is 5.97 Å². The molecule has 0 saturated heterocycles. The van der Waals surface area contributed by atoms with Crippen molar-refractivity contribution in [3.63, 3.8) is 0 Å². The molecule has 176 valence electrons. The Kier molecular flexibility index (Phi) is 11.7. The highest BCUT2D eigenvalue weighted by Crippen LogP contribution is 2.21. The van der Waals surface area contributed by atoms with Crippen LogP contribution in [0.15, 0.2) is 48.5 Å². The predicted octanol–water partition coefficient (Wildman–Crippen LogP) is 7.85. The Labute approximate surface area is 194 Å². The maximum absolute atomic E-state index is 12.4. The lowest BCUT2D eigenvalue weighted by atomic mass is 10.0. The first-order valence-corrected chi connectivity index (χ1v) is 12.2. The molecule has 0 amide bonds. The van der Waals surface area contributed by atoms with Gasteiger partial charge in [-0.2, -0.15) is 0 Å². The SMILES string of the molecule is CCC(C)CCCCCCCOc1ccc(OC(=O)c2ccc(O[C@H](C)CC)cc2)cc1. The number of rotatable bonds is 15. The molecule has 2 aromatic rings. The van der Waals surface area contributed by atoms with Gasteiger partial charge in [0.25, 0.3) is 0 Å². The summed E-state index contributed by atoms with van der Waals surface area (Å²) in [6, 6.07) is 14.3. The van der Waals surface area contributed by atoms with E-state index >= 15 is 0 Å². The second-order valence-electron chi connectivity index (χ2n) is 8.64. The van der Waals surface area contributed by atoms with Gasteiger partial charge >= 0.3 is 5.97 Å². The lowest BCUT2D eigenvalue weighted by Crippen LogP contribution is -2.11. The molecule has 0 fully saturated rings. The normalized spacial score (nSPS) is 12.8. The quantitative estimate of drug-likeness (QED) is 0.161. The standard InChI is InChI=1S/C28H40O4/c1-5-22(3)12-10-8-7-9-11-21-30-25-17-19-27(20-18-25)32-28(29)24-13-15-26(16-14-24)31-23(4)6-2/h13-20,22-23H,5-12,21H2,1-4H3/t22?,23-/m1/s1. The molecule has 2 atom stereocenters. The minimum absolute atomic E-state index is 0.146. The van der Waals surface area contributed by atoms with Crippen LogP contribution in [0.5, 0.6) is 17.2 Å². The van der Waals surface area contributed by atoms with E-state index in [9.17, 15) is 4.79 Å². The van der Waals surface area contributed by atoms with E-state index in [0.717, 1.165) is 36.9 Å². The fourth-order valence-corrected chi connectivity index (χ4v) is 3.27. The predicted molar refractivity (Wildman–Crippen MR) is 131 cm³/mol. The Morgan fingerprint density at radius 2 is 1.34 bits per heavy atom. The highest BCUT2D eigenvalue weighted by Gasteiger charge is 2.10. The van der Waals surface area contributed by atoms with Crippen LogP contribution in [0.3, 0.4) is 0 Å². The van der Waals surface area contributed by atoms with Gasteiger partial charge in [-0.3, -0.25) is 0 Å². The van der Waals surface area contributed by atoms with Gasteiger partial charge in [0.05, 0.1) is 18.3 Å². The average molecular weight is 441 g/mol. The van der Waals surface area contributed by atoms with Gasteiger partial charge in [0.1, 0.15) is 17.2 Å². The van der Waals surface area contributed by atoms with Crippen LogP contribution in [-0.4, -0.2) is 18.7 Å². The van der Waals surface area contributed by atoms with Gasteiger partial charge in [-0.25, -0.2) is 4.79 Å². The first-order valence-electron chi connectivity index (χ1n) is 12.2. The summed E-state index contributed by atoms with van der Waals surface area (Å²) in [7, 11) is 0. The van der Waals surface area contributed by atoms with Crippen molar-refractivity contribution in [3.05, 3.63) is 54.1 Å². The average Bonchev–Trinajstić information content (AvgIpc) is 2.81. The lowest BCUT2D eigenvalue weighted by Gasteiger charge is -2.12. The Balaban J connectivity index is 1.66. The Morgan fingerprint density at radius 1 is 0.750 bits per heavy atom. The zero-order valence-electron chi connectivity index (χ0n) is 20.3. The fourth-order valence-electron chi connectivity index (χ4n) is 3.27. The Bertz CT molecular complexity index is 767. The van der Waals surface area contributed by atoms with Crippen LogP contribution in [0.2, 0.25) is 0 Å². The number of carbonyl (C=O) groups excluding carboxylic acids is 1. The topological polar surface area (TPSA) is 44.8 Å².